The zero-order valence-corrected chi connectivity index (χ0v) is 42.6. The number of nitrogens with zero attached hydrogens (tertiary/aromatic N) is 1. The fourth-order valence-corrected chi connectivity index (χ4v) is 9.70. The number of amides is 3. The maximum absolute atomic E-state index is 14.7. The number of unbranched alkanes of at least 4 members (excludes halogenated alkanes) is 7. The molecule has 3 aromatic carbocycles. The lowest BCUT2D eigenvalue weighted by molar-refractivity contribution is -0.137. The monoisotopic (exact) mass is 1070 g/mol. The van der Waals surface area contributed by atoms with Crippen molar-refractivity contribution >= 4 is 68.8 Å². The number of hydrogen-bond donors (Lipinski definition) is 6. The summed E-state index contributed by atoms with van der Waals surface area (Å²) >= 11 is 3.50. The number of anilines is 2. The average molecular weight is 1080 g/mol. The van der Waals surface area contributed by atoms with Crippen LogP contribution in [0.1, 0.15) is 132 Å². The number of aromatic nitrogens is 1. The first kappa shape index (κ1) is 54.5. The summed E-state index contributed by atoms with van der Waals surface area (Å²) in [5.74, 6) is -6.06. The number of hydroxylamine groups is 1. The molecule has 4 aromatic rings. The van der Waals surface area contributed by atoms with E-state index >= 15 is 0 Å². The molecular formula is C51H66F3IN6O6S. The second-order valence-electron chi connectivity index (χ2n) is 18.7. The normalized spacial score (nSPS) is 16.8. The molecule has 17 heteroatoms. The molecule has 5 atom stereocenters. The van der Waals surface area contributed by atoms with Gasteiger partial charge in [-0.25, -0.2) is 23.6 Å². The third-order valence-corrected chi connectivity index (χ3v) is 13.9. The lowest BCUT2D eigenvalue weighted by Crippen LogP contribution is -2.52. The summed E-state index contributed by atoms with van der Waals surface area (Å²) < 4.78 is 43.7. The van der Waals surface area contributed by atoms with E-state index in [0.717, 1.165) is 85.3 Å². The number of Topliss-reactive ketones (excluding diaryl/α,β-unsaturated/α-hetero) is 1. The van der Waals surface area contributed by atoms with Crippen LogP contribution in [0.3, 0.4) is 0 Å². The van der Waals surface area contributed by atoms with Gasteiger partial charge in [-0.2, -0.15) is 0 Å². The van der Waals surface area contributed by atoms with Crippen LogP contribution >= 0.6 is 33.9 Å². The molecule has 0 aliphatic heterocycles. The van der Waals surface area contributed by atoms with Gasteiger partial charge in [-0.15, -0.1) is 11.3 Å². The van der Waals surface area contributed by atoms with Crippen molar-refractivity contribution in [2.75, 3.05) is 25.0 Å². The maximum atomic E-state index is 14.7. The highest BCUT2D eigenvalue weighted by atomic mass is 127. The minimum Gasteiger partial charge on any atom is -0.393 e. The Balaban J connectivity index is 0.911. The Morgan fingerprint density at radius 2 is 1.51 bits per heavy atom. The first-order chi connectivity index (χ1) is 32.4. The molecule has 1 aliphatic carbocycles. The number of aliphatic hydroxyl groups excluding tert-OH is 1. The molecule has 5 rings (SSSR count). The summed E-state index contributed by atoms with van der Waals surface area (Å²) in [7, 11) is 0. The predicted octanol–water partition coefficient (Wildman–Crippen LogP) is 10.4. The van der Waals surface area contributed by atoms with Crippen molar-refractivity contribution in [1.29, 1.82) is 0 Å². The van der Waals surface area contributed by atoms with E-state index in [1.165, 1.54) is 12.1 Å². The summed E-state index contributed by atoms with van der Waals surface area (Å²) in [6.07, 6.45) is 8.45. The van der Waals surface area contributed by atoms with E-state index in [0.29, 0.717) is 29.4 Å². The molecule has 12 nitrogen and oxygen atoms in total. The van der Waals surface area contributed by atoms with Gasteiger partial charge in [0.1, 0.15) is 5.82 Å². The fraction of sp³-hybridized carbons (Fsp3) is 0.510. The van der Waals surface area contributed by atoms with E-state index in [-0.39, 0.29) is 54.3 Å². The topological polar surface area (TPSA) is 171 Å². The lowest BCUT2D eigenvalue weighted by atomic mass is 9.77. The quantitative estimate of drug-likeness (QED) is 0.0204. The standard InChI is InChI=1S/C51H66F3IN6O6S/c1-31(33-16-18-34(19-17-33)47-32(2)57-30-68-47)58-49(65)39-29-36(62)28-38(39)46(64)48(51(3,4)5)60-43(63)15-12-10-8-6-7-9-11-13-24-56-25-14-26-67-61-50(66)37-21-22-40(52)44(54)45(37)59-42-23-20-35(55)27-41(42)53/h16-23,27,30-31,36,38-39,48,56,59,62H,6-15,24-26,28-29H2,1-5H3,(H,58,65)(H,60,63)(H,61,66)/t31-,36-,38?,39+,48+/m0/s1. The van der Waals surface area contributed by atoms with Gasteiger partial charge in [0, 0.05) is 15.9 Å². The molecule has 0 saturated heterocycles. The molecule has 1 aromatic heterocycles. The van der Waals surface area contributed by atoms with Crippen molar-refractivity contribution in [1.82, 2.24) is 26.4 Å². The Morgan fingerprint density at radius 1 is 0.853 bits per heavy atom. The van der Waals surface area contributed by atoms with Crippen molar-refractivity contribution in [3.63, 3.8) is 0 Å². The van der Waals surface area contributed by atoms with Crippen LogP contribution in [-0.2, 0) is 19.2 Å². The van der Waals surface area contributed by atoms with Crippen LogP contribution in [0.2, 0.25) is 0 Å². The van der Waals surface area contributed by atoms with Crippen LogP contribution in [0.15, 0.2) is 60.1 Å². The van der Waals surface area contributed by atoms with Crippen LogP contribution in [0, 0.1) is 45.2 Å². The lowest BCUT2D eigenvalue weighted by Gasteiger charge is -2.33. The first-order valence-corrected chi connectivity index (χ1v) is 25.5. The SMILES string of the molecule is Cc1ncsc1-c1ccc([C@H](C)NC(=O)[C@@H]2C[C@@H](O)CC2C(=O)[C@@H](NC(=O)CCCCCCCCCCNCCCONC(=O)c2ccc(F)c(F)c2Nc2ccc(I)cc2F)C(C)(C)C)cc1. The van der Waals surface area contributed by atoms with Gasteiger partial charge >= 0.3 is 0 Å². The van der Waals surface area contributed by atoms with E-state index in [1.807, 2.05) is 87.0 Å². The summed E-state index contributed by atoms with van der Waals surface area (Å²) in [6, 6.07) is 13.0. The van der Waals surface area contributed by atoms with Crippen molar-refractivity contribution in [3.05, 3.63) is 98.0 Å². The first-order valence-electron chi connectivity index (χ1n) is 23.6. The Morgan fingerprint density at radius 3 is 2.18 bits per heavy atom. The van der Waals surface area contributed by atoms with E-state index in [4.69, 9.17) is 4.84 Å². The van der Waals surface area contributed by atoms with E-state index in [2.05, 4.69) is 31.7 Å². The van der Waals surface area contributed by atoms with Gasteiger partial charge in [0.05, 0.1) is 63.7 Å². The number of ketones is 1. The smallest absolute Gasteiger partial charge is 0.277 e. The van der Waals surface area contributed by atoms with E-state index < -0.39 is 58.4 Å². The summed E-state index contributed by atoms with van der Waals surface area (Å²) in [5.41, 5.74) is 5.58. The minimum absolute atomic E-state index is 0.109. The number of carbonyl (C=O) groups is 4. The molecular weight excluding hydrogens is 1010 g/mol. The number of aliphatic hydroxyl groups is 1. The largest absolute Gasteiger partial charge is 0.393 e. The summed E-state index contributed by atoms with van der Waals surface area (Å²) in [5, 5.41) is 22.6. The zero-order chi connectivity index (χ0) is 49.4. The molecule has 1 fully saturated rings. The number of rotatable bonds is 26. The molecule has 6 N–H and O–H groups in total. The molecule has 0 bridgehead atoms. The fourth-order valence-electron chi connectivity index (χ4n) is 8.43. The number of halogens is 4. The molecule has 1 unspecified atom stereocenters. The summed E-state index contributed by atoms with van der Waals surface area (Å²) in [4.78, 5) is 64.4. The van der Waals surface area contributed by atoms with Gasteiger partial charge in [-0.05, 0) is 129 Å². The number of benzene rings is 3. The molecule has 0 spiro atoms. The van der Waals surface area contributed by atoms with Crippen LogP contribution in [0.5, 0.6) is 0 Å². The Bertz CT molecular complexity index is 2310. The van der Waals surface area contributed by atoms with Crippen LogP contribution in [-0.4, -0.2) is 65.4 Å². The highest BCUT2D eigenvalue weighted by Crippen LogP contribution is 2.37. The van der Waals surface area contributed by atoms with Gasteiger partial charge in [-0.3, -0.25) is 24.0 Å². The Hall–Kier alpha value is -4.43. The molecule has 1 heterocycles. The average Bonchev–Trinajstić information content (AvgIpc) is 3.92. The third kappa shape index (κ3) is 16.1. The van der Waals surface area contributed by atoms with Crippen LogP contribution in [0.25, 0.3) is 10.4 Å². The van der Waals surface area contributed by atoms with Crippen LogP contribution in [0.4, 0.5) is 24.5 Å². The van der Waals surface area contributed by atoms with Crippen molar-refractivity contribution in [2.45, 2.75) is 130 Å². The second kappa shape index (κ2) is 26.5. The maximum Gasteiger partial charge on any atom is 0.277 e. The molecule has 1 aliphatic rings. The van der Waals surface area contributed by atoms with Gasteiger partial charge < -0.3 is 26.4 Å². The molecule has 68 heavy (non-hydrogen) atoms. The van der Waals surface area contributed by atoms with Crippen LogP contribution < -0.4 is 26.7 Å². The molecule has 370 valence electrons. The number of carbonyl (C=O) groups excluding carboxylic acids is 4. The van der Waals surface area contributed by atoms with Gasteiger partial charge in [-0.1, -0.05) is 83.6 Å². The Kier molecular flexibility index (Phi) is 21.3. The van der Waals surface area contributed by atoms with Crippen molar-refractivity contribution < 1.29 is 42.3 Å². The molecule has 1 saturated carbocycles. The van der Waals surface area contributed by atoms with Gasteiger partial charge in [0.25, 0.3) is 5.91 Å². The number of aryl methyl sites for hydroxylation is 1. The van der Waals surface area contributed by atoms with Crippen molar-refractivity contribution in [3.8, 4) is 10.4 Å². The van der Waals surface area contributed by atoms with E-state index in [9.17, 15) is 37.5 Å². The highest BCUT2D eigenvalue weighted by molar-refractivity contribution is 14.1. The van der Waals surface area contributed by atoms with Gasteiger partial charge in [0.15, 0.2) is 17.4 Å². The highest BCUT2D eigenvalue weighted by Gasteiger charge is 2.47. The Labute approximate surface area is 415 Å². The second-order valence-corrected chi connectivity index (χ2v) is 20.8. The number of nitrogens with one attached hydrogen (secondary N) is 5. The summed E-state index contributed by atoms with van der Waals surface area (Å²) in [6.45, 7) is 11.3. The molecule has 0 radical (unpaired) electrons. The number of thiazole rings is 1. The predicted molar refractivity (Wildman–Crippen MR) is 269 cm³/mol. The van der Waals surface area contributed by atoms with Gasteiger partial charge in [0.2, 0.25) is 11.8 Å². The number of hydrogen-bond acceptors (Lipinski definition) is 10. The van der Waals surface area contributed by atoms with Crippen molar-refractivity contribution in [2.24, 2.45) is 17.3 Å². The third-order valence-electron chi connectivity index (χ3n) is 12.3. The minimum atomic E-state index is -1.31. The molecule has 3 amide bonds. The van der Waals surface area contributed by atoms with E-state index in [1.54, 1.807) is 17.4 Å². The zero-order valence-electron chi connectivity index (χ0n) is 39.6.